The van der Waals surface area contributed by atoms with Gasteiger partial charge in [0, 0.05) is 25.5 Å². The molecule has 0 aromatic carbocycles. The molecule has 2 heterocycles. The minimum absolute atomic E-state index is 0.152. The van der Waals surface area contributed by atoms with E-state index in [0.29, 0.717) is 13.1 Å². The molecule has 2 amide bonds. The number of pyridine rings is 2. The first kappa shape index (κ1) is 14.0. The van der Waals surface area contributed by atoms with E-state index in [1.54, 1.807) is 12.4 Å². The lowest BCUT2D eigenvalue weighted by Crippen LogP contribution is -2.35. The third-order valence-corrected chi connectivity index (χ3v) is 2.74. The number of nitrogens with one attached hydrogen (secondary N) is 2. The van der Waals surface area contributed by atoms with Crippen LogP contribution in [0.25, 0.3) is 11.4 Å². The van der Waals surface area contributed by atoms with E-state index in [1.165, 1.54) is 0 Å². The maximum atomic E-state index is 11.4. The summed E-state index contributed by atoms with van der Waals surface area (Å²) in [6.45, 7) is 3.16. The van der Waals surface area contributed by atoms with Crippen LogP contribution in [0, 0.1) is 0 Å². The van der Waals surface area contributed by atoms with E-state index in [-0.39, 0.29) is 6.03 Å². The molecule has 5 nitrogen and oxygen atoms in total. The number of aromatic nitrogens is 2. The molecule has 0 spiro atoms. The van der Waals surface area contributed by atoms with Crippen LogP contribution >= 0.6 is 0 Å². The van der Waals surface area contributed by atoms with Gasteiger partial charge in [0.25, 0.3) is 0 Å². The van der Waals surface area contributed by atoms with Gasteiger partial charge in [-0.1, -0.05) is 19.1 Å². The minimum atomic E-state index is -0.152. The number of rotatable bonds is 5. The smallest absolute Gasteiger partial charge is 0.315 e. The lowest BCUT2D eigenvalue weighted by atomic mass is 10.2. The van der Waals surface area contributed by atoms with E-state index in [1.807, 2.05) is 37.3 Å². The Kier molecular flexibility index (Phi) is 5.06. The third-order valence-electron chi connectivity index (χ3n) is 2.74. The molecule has 0 bridgehead atoms. The van der Waals surface area contributed by atoms with Crippen LogP contribution in [0.2, 0.25) is 0 Å². The van der Waals surface area contributed by atoms with Crippen molar-refractivity contribution in [2.24, 2.45) is 0 Å². The quantitative estimate of drug-likeness (QED) is 0.876. The van der Waals surface area contributed by atoms with Crippen molar-refractivity contribution in [2.45, 2.75) is 19.9 Å². The fourth-order valence-electron chi connectivity index (χ4n) is 1.68. The Morgan fingerprint density at radius 1 is 1.10 bits per heavy atom. The van der Waals surface area contributed by atoms with Crippen LogP contribution in [-0.2, 0) is 6.54 Å². The molecule has 2 aromatic rings. The molecule has 0 radical (unpaired) electrons. The summed E-state index contributed by atoms with van der Waals surface area (Å²) >= 11 is 0. The number of carbonyl (C=O) groups is 1. The summed E-state index contributed by atoms with van der Waals surface area (Å²) in [6.07, 6.45) is 4.42. The van der Waals surface area contributed by atoms with Gasteiger partial charge in [-0.05, 0) is 30.2 Å². The van der Waals surface area contributed by atoms with E-state index < -0.39 is 0 Å². The van der Waals surface area contributed by atoms with E-state index in [0.717, 1.165) is 23.4 Å². The van der Waals surface area contributed by atoms with Gasteiger partial charge in [0.2, 0.25) is 0 Å². The van der Waals surface area contributed by atoms with Crippen LogP contribution in [0.15, 0.2) is 42.7 Å². The molecule has 0 aliphatic rings. The SMILES string of the molecule is CCCNC(=O)NCc1ccc(-c2ccccn2)nc1. The molecule has 5 heteroatoms. The maximum absolute atomic E-state index is 11.4. The van der Waals surface area contributed by atoms with Crippen molar-refractivity contribution < 1.29 is 4.79 Å². The van der Waals surface area contributed by atoms with Crippen molar-refractivity contribution in [2.75, 3.05) is 6.54 Å². The molecule has 104 valence electrons. The summed E-state index contributed by atoms with van der Waals surface area (Å²) in [6, 6.07) is 9.41. The Labute approximate surface area is 118 Å². The van der Waals surface area contributed by atoms with Gasteiger partial charge in [-0.15, -0.1) is 0 Å². The summed E-state index contributed by atoms with van der Waals surface area (Å²) in [5, 5.41) is 5.55. The highest BCUT2D eigenvalue weighted by atomic mass is 16.2. The number of carbonyl (C=O) groups excluding carboxylic acids is 1. The van der Waals surface area contributed by atoms with Gasteiger partial charge in [-0.25, -0.2) is 4.79 Å². The van der Waals surface area contributed by atoms with Crippen LogP contribution < -0.4 is 10.6 Å². The van der Waals surface area contributed by atoms with Crippen molar-refractivity contribution in [1.29, 1.82) is 0 Å². The Morgan fingerprint density at radius 2 is 1.95 bits per heavy atom. The van der Waals surface area contributed by atoms with E-state index in [9.17, 15) is 4.79 Å². The molecule has 0 saturated carbocycles. The number of hydrogen-bond acceptors (Lipinski definition) is 3. The van der Waals surface area contributed by atoms with Crippen LogP contribution in [0.3, 0.4) is 0 Å². The number of nitrogens with zero attached hydrogens (tertiary/aromatic N) is 2. The molecule has 0 fully saturated rings. The monoisotopic (exact) mass is 270 g/mol. The fraction of sp³-hybridized carbons (Fsp3) is 0.267. The number of urea groups is 1. The zero-order valence-corrected chi connectivity index (χ0v) is 11.5. The second-order valence-corrected chi connectivity index (χ2v) is 4.38. The Morgan fingerprint density at radius 3 is 2.60 bits per heavy atom. The van der Waals surface area contributed by atoms with E-state index in [2.05, 4.69) is 20.6 Å². The second-order valence-electron chi connectivity index (χ2n) is 4.38. The molecular formula is C15H18N4O. The van der Waals surface area contributed by atoms with Gasteiger partial charge in [-0.3, -0.25) is 9.97 Å². The molecule has 2 rings (SSSR count). The summed E-state index contributed by atoms with van der Waals surface area (Å²) in [4.78, 5) is 20.0. The first-order valence-corrected chi connectivity index (χ1v) is 6.67. The van der Waals surface area contributed by atoms with Crippen molar-refractivity contribution in [3.63, 3.8) is 0 Å². The predicted octanol–water partition coefficient (Wildman–Crippen LogP) is 2.35. The van der Waals surface area contributed by atoms with Crippen LogP contribution in [-0.4, -0.2) is 22.5 Å². The molecule has 0 aliphatic carbocycles. The molecule has 0 atom stereocenters. The molecule has 0 unspecified atom stereocenters. The highest BCUT2D eigenvalue weighted by molar-refractivity contribution is 5.73. The van der Waals surface area contributed by atoms with E-state index in [4.69, 9.17) is 0 Å². The zero-order chi connectivity index (χ0) is 14.2. The van der Waals surface area contributed by atoms with Crippen molar-refractivity contribution in [1.82, 2.24) is 20.6 Å². The van der Waals surface area contributed by atoms with Gasteiger partial charge in [0.1, 0.15) is 0 Å². The predicted molar refractivity (Wildman–Crippen MR) is 78.0 cm³/mol. The average molecular weight is 270 g/mol. The molecule has 0 aliphatic heterocycles. The highest BCUT2D eigenvalue weighted by Crippen LogP contribution is 2.13. The minimum Gasteiger partial charge on any atom is -0.338 e. The molecule has 0 saturated heterocycles. The maximum Gasteiger partial charge on any atom is 0.315 e. The van der Waals surface area contributed by atoms with E-state index >= 15 is 0 Å². The molecule has 2 aromatic heterocycles. The third kappa shape index (κ3) is 4.05. The average Bonchev–Trinajstić information content (AvgIpc) is 2.52. The first-order valence-electron chi connectivity index (χ1n) is 6.67. The fourth-order valence-corrected chi connectivity index (χ4v) is 1.68. The highest BCUT2D eigenvalue weighted by Gasteiger charge is 2.02. The standard InChI is InChI=1S/C15H18N4O/c1-2-8-17-15(20)19-11-12-6-7-14(18-10-12)13-5-3-4-9-16-13/h3-7,9-10H,2,8,11H2,1H3,(H2,17,19,20). The Hall–Kier alpha value is -2.43. The van der Waals surface area contributed by atoms with Gasteiger partial charge in [0.05, 0.1) is 11.4 Å². The summed E-state index contributed by atoms with van der Waals surface area (Å²) in [5.41, 5.74) is 2.62. The topological polar surface area (TPSA) is 66.9 Å². The first-order chi connectivity index (χ1) is 9.79. The number of hydrogen-bond donors (Lipinski definition) is 2. The van der Waals surface area contributed by atoms with Gasteiger partial charge in [0.15, 0.2) is 0 Å². The van der Waals surface area contributed by atoms with Crippen molar-refractivity contribution in [3.05, 3.63) is 48.3 Å². The van der Waals surface area contributed by atoms with Crippen molar-refractivity contribution in [3.8, 4) is 11.4 Å². The largest absolute Gasteiger partial charge is 0.338 e. The Bertz CT molecular complexity index is 540. The van der Waals surface area contributed by atoms with Gasteiger partial charge >= 0.3 is 6.03 Å². The van der Waals surface area contributed by atoms with Crippen LogP contribution in [0.1, 0.15) is 18.9 Å². The summed E-state index contributed by atoms with van der Waals surface area (Å²) in [5.74, 6) is 0. The van der Waals surface area contributed by atoms with Gasteiger partial charge in [-0.2, -0.15) is 0 Å². The summed E-state index contributed by atoms with van der Waals surface area (Å²) in [7, 11) is 0. The second kappa shape index (κ2) is 7.23. The Balaban J connectivity index is 1.90. The van der Waals surface area contributed by atoms with Crippen LogP contribution in [0.5, 0.6) is 0 Å². The zero-order valence-electron chi connectivity index (χ0n) is 11.5. The van der Waals surface area contributed by atoms with Crippen molar-refractivity contribution >= 4 is 6.03 Å². The lowest BCUT2D eigenvalue weighted by Gasteiger charge is -2.07. The summed E-state index contributed by atoms with van der Waals surface area (Å²) < 4.78 is 0. The normalized spacial score (nSPS) is 10.1. The molecule has 20 heavy (non-hydrogen) atoms. The van der Waals surface area contributed by atoms with Gasteiger partial charge < -0.3 is 10.6 Å². The van der Waals surface area contributed by atoms with Crippen LogP contribution in [0.4, 0.5) is 4.79 Å². The molecule has 2 N–H and O–H groups in total. The molecular weight excluding hydrogens is 252 g/mol. The number of amides is 2. The lowest BCUT2D eigenvalue weighted by molar-refractivity contribution is 0.240.